The van der Waals surface area contributed by atoms with E-state index < -0.39 is 11.7 Å². The van der Waals surface area contributed by atoms with Gasteiger partial charge in [0.2, 0.25) is 0 Å². The highest BCUT2D eigenvalue weighted by molar-refractivity contribution is 5.94. The number of likely N-dealkylation sites (tertiary alicyclic amines) is 1. The second-order valence-corrected chi connectivity index (χ2v) is 8.17. The highest BCUT2D eigenvalue weighted by Gasteiger charge is 2.26. The van der Waals surface area contributed by atoms with E-state index in [9.17, 15) is 14.4 Å². The molecule has 0 saturated carbocycles. The van der Waals surface area contributed by atoms with Gasteiger partial charge in [-0.2, -0.15) is 0 Å². The first-order chi connectivity index (χ1) is 13.7. The number of amides is 2. The lowest BCUT2D eigenvalue weighted by Crippen LogP contribution is -2.47. The fourth-order valence-electron chi connectivity index (χ4n) is 3.29. The molecule has 0 radical (unpaired) electrons. The number of hydrogen-bond acceptors (Lipinski definition) is 4. The average molecular weight is 397 g/mol. The Kier molecular flexibility index (Phi) is 6.06. The Bertz CT molecular complexity index is 923. The molecular formula is C22H27N3O4. The molecule has 7 nitrogen and oxygen atoms in total. The molecule has 1 saturated heterocycles. The third kappa shape index (κ3) is 5.47. The molecule has 154 valence electrons. The molecule has 2 amide bonds. The number of nitrogens with one attached hydrogen (secondary N) is 1. The van der Waals surface area contributed by atoms with E-state index in [1.807, 2.05) is 51.1 Å². The zero-order chi connectivity index (χ0) is 21.0. The summed E-state index contributed by atoms with van der Waals surface area (Å²) >= 11 is 0. The molecular weight excluding hydrogens is 370 g/mol. The highest BCUT2D eigenvalue weighted by Crippen LogP contribution is 2.15. The van der Waals surface area contributed by atoms with Gasteiger partial charge in [0.1, 0.15) is 5.60 Å². The largest absolute Gasteiger partial charge is 0.444 e. The normalized spacial score (nSPS) is 15.1. The first kappa shape index (κ1) is 20.6. The molecule has 1 N–H and O–H groups in total. The van der Waals surface area contributed by atoms with Gasteiger partial charge in [-0.05, 0) is 51.8 Å². The Hall–Kier alpha value is -3.09. The lowest BCUT2D eigenvalue weighted by Gasteiger charge is -2.33. The van der Waals surface area contributed by atoms with E-state index in [-0.39, 0.29) is 17.5 Å². The fourth-order valence-corrected chi connectivity index (χ4v) is 3.29. The van der Waals surface area contributed by atoms with Gasteiger partial charge < -0.3 is 15.0 Å². The van der Waals surface area contributed by atoms with E-state index in [0.29, 0.717) is 37.2 Å². The van der Waals surface area contributed by atoms with Crippen LogP contribution in [0.15, 0.2) is 53.5 Å². The Balaban J connectivity index is 1.63. The summed E-state index contributed by atoms with van der Waals surface area (Å²) in [6.07, 6.45) is 2.47. The van der Waals surface area contributed by atoms with Crippen molar-refractivity contribution in [3.05, 3.63) is 64.6 Å². The molecule has 3 rings (SSSR count). The summed E-state index contributed by atoms with van der Waals surface area (Å²) in [6, 6.07) is 12.2. The molecule has 1 aliphatic rings. The van der Waals surface area contributed by atoms with Gasteiger partial charge in [0.25, 0.3) is 11.5 Å². The first-order valence-electron chi connectivity index (χ1n) is 9.80. The molecule has 0 spiro atoms. The van der Waals surface area contributed by atoms with Crippen LogP contribution in [0.2, 0.25) is 0 Å². The molecule has 1 aromatic heterocycles. The monoisotopic (exact) mass is 397 g/mol. The van der Waals surface area contributed by atoms with Crippen molar-refractivity contribution in [2.24, 2.45) is 0 Å². The van der Waals surface area contributed by atoms with Crippen molar-refractivity contribution in [1.82, 2.24) is 14.8 Å². The van der Waals surface area contributed by atoms with Gasteiger partial charge in [-0.3, -0.25) is 14.2 Å². The van der Waals surface area contributed by atoms with Crippen molar-refractivity contribution in [2.75, 3.05) is 13.1 Å². The van der Waals surface area contributed by atoms with Gasteiger partial charge in [-0.1, -0.05) is 18.2 Å². The van der Waals surface area contributed by atoms with Crippen LogP contribution >= 0.6 is 0 Å². The van der Waals surface area contributed by atoms with Crippen molar-refractivity contribution >= 4 is 12.0 Å². The van der Waals surface area contributed by atoms with Crippen molar-refractivity contribution in [1.29, 1.82) is 0 Å². The van der Waals surface area contributed by atoms with Gasteiger partial charge in [0.05, 0.1) is 5.56 Å². The SMILES string of the molecule is CC(C)(C)OC(=O)NC1CCN(C(=O)c2ccc(=O)n(-c3ccccc3)c2)CC1. The average Bonchev–Trinajstić information content (AvgIpc) is 2.67. The highest BCUT2D eigenvalue weighted by atomic mass is 16.6. The van der Waals surface area contributed by atoms with E-state index in [1.165, 1.54) is 10.6 Å². The van der Waals surface area contributed by atoms with E-state index in [1.54, 1.807) is 17.2 Å². The minimum atomic E-state index is -0.539. The molecule has 7 heteroatoms. The molecule has 0 aliphatic carbocycles. The Morgan fingerprint density at radius 1 is 1.03 bits per heavy atom. The summed E-state index contributed by atoms with van der Waals surface area (Å²) in [7, 11) is 0. The van der Waals surface area contributed by atoms with Crippen LogP contribution in [0.25, 0.3) is 5.69 Å². The maximum atomic E-state index is 12.9. The summed E-state index contributed by atoms with van der Waals surface area (Å²) in [5.74, 6) is -0.120. The molecule has 2 aromatic rings. The third-order valence-electron chi connectivity index (χ3n) is 4.70. The van der Waals surface area contributed by atoms with E-state index in [4.69, 9.17) is 4.74 Å². The second kappa shape index (κ2) is 8.51. The molecule has 2 heterocycles. The predicted molar refractivity (Wildman–Crippen MR) is 110 cm³/mol. The van der Waals surface area contributed by atoms with E-state index in [0.717, 1.165) is 0 Å². The fraction of sp³-hybridized carbons (Fsp3) is 0.409. The molecule has 0 atom stereocenters. The summed E-state index contributed by atoms with van der Waals surface area (Å²) in [5.41, 5.74) is 0.454. The minimum absolute atomic E-state index is 0.0211. The van der Waals surface area contributed by atoms with Crippen molar-refractivity contribution in [2.45, 2.75) is 45.3 Å². The van der Waals surface area contributed by atoms with Gasteiger partial charge in [0, 0.05) is 37.1 Å². The number of ether oxygens (including phenoxy) is 1. The summed E-state index contributed by atoms with van der Waals surface area (Å²) in [6.45, 7) is 6.53. The van der Waals surface area contributed by atoms with Crippen LogP contribution in [0, 0.1) is 0 Å². The van der Waals surface area contributed by atoms with Crippen molar-refractivity contribution in [3.63, 3.8) is 0 Å². The van der Waals surface area contributed by atoms with Gasteiger partial charge in [-0.25, -0.2) is 4.79 Å². The topological polar surface area (TPSA) is 80.6 Å². The number of nitrogens with zero attached hydrogens (tertiary/aromatic N) is 2. The first-order valence-corrected chi connectivity index (χ1v) is 9.80. The number of hydrogen-bond donors (Lipinski definition) is 1. The van der Waals surface area contributed by atoms with Crippen LogP contribution in [0.3, 0.4) is 0 Å². The number of aromatic nitrogens is 1. The van der Waals surface area contributed by atoms with Crippen LogP contribution in [-0.2, 0) is 4.74 Å². The number of carbonyl (C=O) groups is 2. The Labute approximate surface area is 170 Å². The summed E-state index contributed by atoms with van der Waals surface area (Å²) in [5, 5.41) is 2.87. The smallest absolute Gasteiger partial charge is 0.407 e. The van der Waals surface area contributed by atoms with Crippen molar-refractivity contribution < 1.29 is 14.3 Å². The number of pyridine rings is 1. The zero-order valence-electron chi connectivity index (χ0n) is 17.1. The lowest BCUT2D eigenvalue weighted by molar-refractivity contribution is 0.0473. The van der Waals surface area contributed by atoms with Crippen LogP contribution in [-0.4, -0.2) is 46.2 Å². The Morgan fingerprint density at radius 2 is 1.69 bits per heavy atom. The molecule has 1 aromatic carbocycles. The number of alkyl carbamates (subject to hydrolysis) is 1. The van der Waals surface area contributed by atoms with Crippen molar-refractivity contribution in [3.8, 4) is 5.69 Å². The maximum Gasteiger partial charge on any atom is 0.407 e. The lowest BCUT2D eigenvalue weighted by atomic mass is 10.0. The van der Waals surface area contributed by atoms with Crippen LogP contribution in [0.1, 0.15) is 44.0 Å². The standard InChI is InChI=1S/C22H27N3O4/c1-22(2,3)29-21(28)23-17-11-13-24(14-12-17)20(27)16-9-10-19(26)25(15-16)18-7-5-4-6-8-18/h4-10,15,17H,11-14H2,1-3H3,(H,23,28). The number of carbonyl (C=O) groups excluding carboxylic acids is 2. The maximum absolute atomic E-state index is 12.9. The molecule has 1 fully saturated rings. The number of benzene rings is 1. The minimum Gasteiger partial charge on any atom is -0.444 e. The van der Waals surface area contributed by atoms with Crippen LogP contribution in [0.5, 0.6) is 0 Å². The summed E-state index contributed by atoms with van der Waals surface area (Å²) < 4.78 is 6.76. The molecule has 1 aliphatic heterocycles. The molecule has 0 bridgehead atoms. The number of rotatable bonds is 3. The molecule has 29 heavy (non-hydrogen) atoms. The van der Waals surface area contributed by atoms with Crippen LogP contribution < -0.4 is 10.9 Å². The molecule has 0 unspecified atom stereocenters. The third-order valence-corrected chi connectivity index (χ3v) is 4.70. The second-order valence-electron chi connectivity index (χ2n) is 8.17. The van der Waals surface area contributed by atoms with E-state index >= 15 is 0 Å². The summed E-state index contributed by atoms with van der Waals surface area (Å²) in [4.78, 5) is 38.8. The van der Waals surface area contributed by atoms with E-state index in [2.05, 4.69) is 5.32 Å². The van der Waals surface area contributed by atoms with Gasteiger partial charge in [0.15, 0.2) is 0 Å². The van der Waals surface area contributed by atoms with Gasteiger partial charge >= 0.3 is 6.09 Å². The predicted octanol–water partition coefficient (Wildman–Crippen LogP) is 2.97. The van der Waals surface area contributed by atoms with Gasteiger partial charge in [-0.15, -0.1) is 0 Å². The number of piperidine rings is 1. The Morgan fingerprint density at radius 3 is 2.31 bits per heavy atom. The quantitative estimate of drug-likeness (QED) is 0.863. The van der Waals surface area contributed by atoms with Crippen LogP contribution in [0.4, 0.5) is 4.79 Å². The zero-order valence-corrected chi connectivity index (χ0v) is 17.1. The number of para-hydroxylation sites is 1.